The van der Waals surface area contributed by atoms with Gasteiger partial charge < -0.3 is 4.98 Å². The Bertz CT molecular complexity index is 501. The Morgan fingerprint density at radius 2 is 2.32 bits per heavy atom. The van der Waals surface area contributed by atoms with Gasteiger partial charge in [0.2, 0.25) is 0 Å². The van der Waals surface area contributed by atoms with Gasteiger partial charge in [-0.2, -0.15) is 11.8 Å². The van der Waals surface area contributed by atoms with Crippen LogP contribution in [0.25, 0.3) is 0 Å². The first-order chi connectivity index (χ1) is 8.99. The summed E-state index contributed by atoms with van der Waals surface area (Å²) in [6, 6.07) is 0.347. The summed E-state index contributed by atoms with van der Waals surface area (Å²) in [5, 5.41) is 0. The van der Waals surface area contributed by atoms with Crippen molar-refractivity contribution in [2.24, 2.45) is 5.92 Å². The zero-order valence-electron chi connectivity index (χ0n) is 11.6. The standard InChI is InChI=1S/C13H20BrN3S2/c1-8(2)6-9-11(14)13(18)16-12(15-9)10-7-19-5-4-17(10)3/h8,10H,4-7H2,1-3H3,(H,15,16,18). The molecular weight excluding hydrogens is 342 g/mol. The molecule has 0 aliphatic carbocycles. The fourth-order valence-corrected chi connectivity index (χ4v) is 4.00. The Hall–Kier alpha value is 0.0900. The number of halogens is 1. The Morgan fingerprint density at radius 1 is 1.58 bits per heavy atom. The van der Waals surface area contributed by atoms with E-state index >= 15 is 0 Å². The summed E-state index contributed by atoms with van der Waals surface area (Å²) in [5.41, 5.74) is 1.17. The molecule has 1 unspecified atom stereocenters. The highest BCUT2D eigenvalue weighted by Gasteiger charge is 2.24. The van der Waals surface area contributed by atoms with Gasteiger partial charge in [0.05, 0.1) is 10.5 Å². The van der Waals surface area contributed by atoms with Gasteiger partial charge in [0.1, 0.15) is 10.5 Å². The predicted molar refractivity (Wildman–Crippen MR) is 88.4 cm³/mol. The summed E-state index contributed by atoms with van der Waals surface area (Å²) in [4.78, 5) is 10.4. The van der Waals surface area contributed by atoms with Crippen LogP contribution in [0.5, 0.6) is 0 Å². The van der Waals surface area contributed by atoms with E-state index in [4.69, 9.17) is 12.2 Å². The van der Waals surface area contributed by atoms with Crippen LogP contribution in [0.4, 0.5) is 0 Å². The first-order valence-corrected chi connectivity index (χ1v) is 8.91. The molecule has 106 valence electrons. The van der Waals surface area contributed by atoms with E-state index in [-0.39, 0.29) is 0 Å². The zero-order chi connectivity index (χ0) is 14.0. The molecule has 1 saturated heterocycles. The van der Waals surface area contributed by atoms with Crippen LogP contribution >= 0.6 is 39.9 Å². The molecule has 0 spiro atoms. The van der Waals surface area contributed by atoms with Crippen molar-refractivity contribution in [3.8, 4) is 0 Å². The van der Waals surface area contributed by atoms with E-state index in [0.29, 0.717) is 16.6 Å². The van der Waals surface area contributed by atoms with Crippen LogP contribution in [0.15, 0.2) is 4.47 Å². The van der Waals surface area contributed by atoms with Gasteiger partial charge in [-0.25, -0.2) is 4.98 Å². The molecular formula is C13H20BrN3S2. The van der Waals surface area contributed by atoms with Crippen LogP contribution in [-0.2, 0) is 6.42 Å². The lowest BCUT2D eigenvalue weighted by Gasteiger charge is -2.31. The number of hydrogen-bond donors (Lipinski definition) is 1. The van der Waals surface area contributed by atoms with Crippen LogP contribution in [0.3, 0.4) is 0 Å². The van der Waals surface area contributed by atoms with Crippen LogP contribution in [0.1, 0.15) is 31.4 Å². The maximum absolute atomic E-state index is 5.39. The van der Waals surface area contributed by atoms with E-state index in [9.17, 15) is 0 Å². The minimum absolute atomic E-state index is 0.347. The van der Waals surface area contributed by atoms with E-state index in [1.54, 1.807) is 0 Å². The smallest absolute Gasteiger partial charge is 0.144 e. The quantitative estimate of drug-likeness (QED) is 0.829. The van der Waals surface area contributed by atoms with Crippen LogP contribution in [0, 0.1) is 10.6 Å². The number of hydrogen-bond acceptors (Lipinski definition) is 4. The summed E-state index contributed by atoms with van der Waals surface area (Å²) in [5.74, 6) is 3.88. The van der Waals surface area contributed by atoms with Gasteiger partial charge in [0.25, 0.3) is 0 Å². The molecule has 3 nitrogen and oxygen atoms in total. The van der Waals surface area contributed by atoms with Crippen molar-refractivity contribution in [1.82, 2.24) is 14.9 Å². The fourth-order valence-electron chi connectivity index (χ4n) is 2.21. The van der Waals surface area contributed by atoms with Gasteiger partial charge >= 0.3 is 0 Å². The lowest BCUT2D eigenvalue weighted by atomic mass is 10.1. The molecule has 0 bridgehead atoms. The fraction of sp³-hybridized carbons (Fsp3) is 0.692. The second-order valence-corrected chi connectivity index (χ2v) is 7.72. The Labute approximate surface area is 132 Å². The number of H-pyrrole nitrogens is 1. The molecule has 2 rings (SSSR count). The molecule has 0 saturated carbocycles. The number of nitrogens with one attached hydrogen (secondary N) is 1. The molecule has 1 aliphatic heterocycles. The van der Waals surface area contributed by atoms with Gasteiger partial charge in [0, 0.05) is 23.7 Å². The highest BCUT2D eigenvalue weighted by molar-refractivity contribution is 9.10. The van der Waals surface area contributed by atoms with E-state index in [1.165, 1.54) is 11.4 Å². The van der Waals surface area contributed by atoms with E-state index < -0.39 is 0 Å². The second-order valence-electron chi connectivity index (χ2n) is 5.39. The molecule has 0 radical (unpaired) electrons. The molecule has 0 amide bonds. The molecule has 0 aromatic carbocycles. The largest absolute Gasteiger partial charge is 0.345 e. The second kappa shape index (κ2) is 6.70. The summed E-state index contributed by atoms with van der Waals surface area (Å²) in [7, 11) is 2.16. The summed E-state index contributed by atoms with van der Waals surface area (Å²) in [6.07, 6.45) is 0.989. The summed E-state index contributed by atoms with van der Waals surface area (Å²) < 4.78 is 1.62. The lowest BCUT2D eigenvalue weighted by Crippen LogP contribution is -2.34. The van der Waals surface area contributed by atoms with Crippen LogP contribution in [0.2, 0.25) is 0 Å². The predicted octanol–water partition coefficient (Wildman–Crippen LogP) is 3.82. The Morgan fingerprint density at radius 3 is 2.95 bits per heavy atom. The number of thioether (sulfide) groups is 1. The van der Waals surface area contributed by atoms with E-state index in [2.05, 4.69) is 51.7 Å². The van der Waals surface area contributed by atoms with Crippen molar-refractivity contribution in [3.63, 3.8) is 0 Å². The number of aromatic nitrogens is 2. The van der Waals surface area contributed by atoms with Gasteiger partial charge in [-0.05, 0) is 35.3 Å². The Balaban J connectivity index is 2.35. The third kappa shape index (κ3) is 3.80. The minimum atomic E-state index is 0.347. The van der Waals surface area contributed by atoms with Crippen molar-refractivity contribution >= 4 is 39.9 Å². The van der Waals surface area contributed by atoms with Gasteiger partial charge in [0.15, 0.2) is 0 Å². The minimum Gasteiger partial charge on any atom is -0.345 e. The molecule has 1 N–H and O–H groups in total. The molecule has 1 aromatic rings. The van der Waals surface area contributed by atoms with Crippen LogP contribution < -0.4 is 0 Å². The van der Waals surface area contributed by atoms with Crippen molar-refractivity contribution in [3.05, 3.63) is 20.6 Å². The topological polar surface area (TPSA) is 31.9 Å². The third-order valence-corrected chi connectivity index (χ3v) is 5.71. The average Bonchev–Trinajstić information content (AvgIpc) is 2.35. The summed E-state index contributed by atoms with van der Waals surface area (Å²) in [6.45, 7) is 5.53. The van der Waals surface area contributed by atoms with Crippen molar-refractivity contribution < 1.29 is 0 Å². The Kier molecular flexibility index (Phi) is 5.45. The first-order valence-electron chi connectivity index (χ1n) is 6.55. The number of rotatable bonds is 3. The molecule has 2 heterocycles. The van der Waals surface area contributed by atoms with Crippen molar-refractivity contribution in [2.45, 2.75) is 26.3 Å². The normalized spacial score (nSPS) is 21.0. The molecule has 1 fully saturated rings. The highest BCUT2D eigenvalue weighted by atomic mass is 79.9. The van der Waals surface area contributed by atoms with Crippen molar-refractivity contribution in [2.75, 3.05) is 25.1 Å². The number of nitrogens with zero attached hydrogens (tertiary/aromatic N) is 2. The molecule has 6 heteroatoms. The summed E-state index contributed by atoms with van der Waals surface area (Å²) >= 11 is 10.9. The molecule has 1 aliphatic rings. The monoisotopic (exact) mass is 361 g/mol. The SMILES string of the molecule is CC(C)Cc1[nH]c(C2CSCCN2C)nc(=S)c1Br. The highest BCUT2D eigenvalue weighted by Crippen LogP contribution is 2.28. The third-order valence-electron chi connectivity index (χ3n) is 3.28. The van der Waals surface area contributed by atoms with Crippen molar-refractivity contribution in [1.29, 1.82) is 0 Å². The first kappa shape index (κ1) is 15.5. The zero-order valence-corrected chi connectivity index (χ0v) is 14.8. The van der Waals surface area contributed by atoms with Gasteiger partial charge in [-0.3, -0.25) is 4.90 Å². The maximum Gasteiger partial charge on any atom is 0.144 e. The van der Waals surface area contributed by atoms with Gasteiger partial charge in [-0.1, -0.05) is 26.1 Å². The molecule has 19 heavy (non-hydrogen) atoms. The number of aromatic amines is 1. The van der Waals surface area contributed by atoms with E-state index in [0.717, 1.165) is 29.0 Å². The molecule has 1 aromatic heterocycles. The maximum atomic E-state index is 5.39. The van der Waals surface area contributed by atoms with E-state index in [1.807, 2.05) is 11.8 Å². The lowest BCUT2D eigenvalue weighted by molar-refractivity contribution is 0.263. The van der Waals surface area contributed by atoms with Crippen LogP contribution in [-0.4, -0.2) is 40.0 Å². The van der Waals surface area contributed by atoms with Gasteiger partial charge in [-0.15, -0.1) is 0 Å². The molecule has 1 atom stereocenters. The average molecular weight is 362 g/mol.